The molecule has 0 aliphatic heterocycles. The fourth-order valence-corrected chi connectivity index (χ4v) is 2.15. The third kappa shape index (κ3) is 3.42. The van der Waals surface area contributed by atoms with Crippen molar-refractivity contribution in [2.75, 3.05) is 6.61 Å². The van der Waals surface area contributed by atoms with E-state index in [1.807, 2.05) is 26.0 Å². The molecule has 0 saturated heterocycles. The van der Waals surface area contributed by atoms with Crippen LogP contribution in [-0.2, 0) is 4.74 Å². The predicted molar refractivity (Wildman–Crippen MR) is 80.0 cm³/mol. The maximum Gasteiger partial charge on any atom is 0.261 e. The van der Waals surface area contributed by atoms with Crippen LogP contribution in [-0.4, -0.2) is 21.9 Å². The molecule has 0 spiro atoms. The minimum absolute atomic E-state index is 0.125. The van der Waals surface area contributed by atoms with Crippen LogP contribution >= 0.6 is 0 Å². The molecule has 0 radical (unpaired) electrons. The smallest absolute Gasteiger partial charge is 0.261 e. The van der Waals surface area contributed by atoms with Gasteiger partial charge >= 0.3 is 0 Å². The summed E-state index contributed by atoms with van der Waals surface area (Å²) in [6.07, 6.45) is -0.257. The summed E-state index contributed by atoms with van der Waals surface area (Å²) < 4.78 is 11.1. The molecule has 2 rings (SSSR count). The molecule has 1 aromatic heterocycles. The molecule has 0 bridgehead atoms. The first-order valence-electron chi connectivity index (χ1n) is 7.08. The van der Waals surface area contributed by atoms with E-state index in [1.54, 1.807) is 6.07 Å². The van der Waals surface area contributed by atoms with Crippen LogP contribution in [0.4, 0.5) is 0 Å². The Kier molecular flexibility index (Phi) is 4.32. The first-order valence-corrected chi connectivity index (χ1v) is 7.08. The average Bonchev–Trinajstić information content (AvgIpc) is 2.86. The summed E-state index contributed by atoms with van der Waals surface area (Å²) in [5.74, 6) is 0.930. The standard InChI is InChI=1S/C16H22N2O3/c1-6-20-13(16(3,4)5)14-17-15(21-18-14)11-9-10(2)7-8-12(11)19/h7-9,13,19H,6H2,1-5H3. The zero-order valence-electron chi connectivity index (χ0n) is 13.2. The second-order valence-corrected chi connectivity index (χ2v) is 6.18. The zero-order valence-corrected chi connectivity index (χ0v) is 13.2. The van der Waals surface area contributed by atoms with Crippen LogP contribution in [0.5, 0.6) is 5.75 Å². The number of aromatic hydroxyl groups is 1. The monoisotopic (exact) mass is 290 g/mol. The van der Waals surface area contributed by atoms with Crippen LogP contribution in [0.2, 0.25) is 0 Å². The van der Waals surface area contributed by atoms with E-state index in [-0.39, 0.29) is 17.3 Å². The fraction of sp³-hybridized carbons (Fsp3) is 0.500. The number of phenols is 1. The van der Waals surface area contributed by atoms with Crippen LogP contribution in [0.25, 0.3) is 11.5 Å². The van der Waals surface area contributed by atoms with E-state index in [2.05, 4.69) is 30.9 Å². The first-order chi connectivity index (χ1) is 9.82. The van der Waals surface area contributed by atoms with E-state index in [0.717, 1.165) is 5.56 Å². The number of aromatic nitrogens is 2. The molecule has 0 aliphatic carbocycles. The lowest BCUT2D eigenvalue weighted by Gasteiger charge is -2.27. The molecule has 0 saturated carbocycles. The second-order valence-electron chi connectivity index (χ2n) is 6.18. The summed E-state index contributed by atoms with van der Waals surface area (Å²) in [6.45, 7) is 10.6. The lowest BCUT2D eigenvalue weighted by Crippen LogP contribution is -2.22. The third-order valence-corrected chi connectivity index (χ3v) is 3.18. The quantitative estimate of drug-likeness (QED) is 0.925. The minimum Gasteiger partial charge on any atom is -0.507 e. The van der Waals surface area contributed by atoms with Crippen LogP contribution in [0.3, 0.4) is 0 Å². The second kappa shape index (κ2) is 5.85. The number of hydrogen-bond acceptors (Lipinski definition) is 5. The SMILES string of the molecule is CCOC(c1noc(-c2cc(C)ccc2O)n1)C(C)(C)C. The summed E-state index contributed by atoms with van der Waals surface area (Å²) in [7, 11) is 0. The van der Waals surface area contributed by atoms with Gasteiger partial charge in [-0.15, -0.1) is 0 Å². The van der Waals surface area contributed by atoms with Crippen molar-refractivity contribution in [3.05, 3.63) is 29.6 Å². The molecule has 1 unspecified atom stereocenters. The minimum atomic E-state index is -0.257. The summed E-state index contributed by atoms with van der Waals surface area (Å²) in [4.78, 5) is 4.41. The Morgan fingerprint density at radius 1 is 1.33 bits per heavy atom. The highest BCUT2D eigenvalue weighted by molar-refractivity contribution is 5.63. The fourth-order valence-electron chi connectivity index (χ4n) is 2.15. The Morgan fingerprint density at radius 3 is 2.67 bits per heavy atom. The number of phenolic OH excluding ortho intramolecular Hbond substituents is 1. The van der Waals surface area contributed by atoms with Crippen molar-refractivity contribution in [1.82, 2.24) is 10.1 Å². The number of aryl methyl sites for hydroxylation is 1. The average molecular weight is 290 g/mol. The van der Waals surface area contributed by atoms with Gasteiger partial charge in [0, 0.05) is 6.61 Å². The maximum atomic E-state index is 9.94. The molecule has 5 heteroatoms. The van der Waals surface area contributed by atoms with Gasteiger partial charge in [-0.05, 0) is 31.4 Å². The normalized spacial score (nSPS) is 13.4. The zero-order chi connectivity index (χ0) is 15.6. The molecule has 5 nitrogen and oxygen atoms in total. The van der Waals surface area contributed by atoms with Gasteiger partial charge in [-0.25, -0.2) is 0 Å². The van der Waals surface area contributed by atoms with E-state index in [1.165, 1.54) is 0 Å². The molecule has 1 aromatic carbocycles. The number of benzene rings is 1. The van der Waals surface area contributed by atoms with E-state index in [9.17, 15) is 5.11 Å². The predicted octanol–water partition coefficient (Wildman–Crippen LogP) is 3.87. The van der Waals surface area contributed by atoms with Gasteiger partial charge in [0.25, 0.3) is 5.89 Å². The Hall–Kier alpha value is -1.88. The van der Waals surface area contributed by atoms with Crippen molar-refractivity contribution in [2.24, 2.45) is 5.41 Å². The molecule has 114 valence electrons. The van der Waals surface area contributed by atoms with Gasteiger partial charge in [-0.2, -0.15) is 4.98 Å². The van der Waals surface area contributed by atoms with E-state index >= 15 is 0 Å². The van der Waals surface area contributed by atoms with Crippen molar-refractivity contribution in [3.63, 3.8) is 0 Å². The van der Waals surface area contributed by atoms with Crippen molar-refractivity contribution in [3.8, 4) is 17.2 Å². The highest BCUT2D eigenvalue weighted by atomic mass is 16.5. The van der Waals surface area contributed by atoms with Gasteiger partial charge < -0.3 is 14.4 Å². The van der Waals surface area contributed by atoms with Crippen LogP contribution in [0.1, 0.15) is 45.2 Å². The lowest BCUT2D eigenvalue weighted by atomic mass is 9.88. The molecule has 2 aromatic rings. The summed E-state index contributed by atoms with van der Waals surface area (Å²) in [6, 6.07) is 5.27. The first kappa shape index (κ1) is 15.5. The van der Waals surface area contributed by atoms with Crippen molar-refractivity contribution < 1.29 is 14.4 Å². The molecule has 1 N–H and O–H groups in total. The van der Waals surface area contributed by atoms with E-state index in [4.69, 9.17) is 9.26 Å². The largest absolute Gasteiger partial charge is 0.507 e. The Bertz CT molecular complexity index is 614. The van der Waals surface area contributed by atoms with Crippen LogP contribution < -0.4 is 0 Å². The number of hydrogen-bond donors (Lipinski definition) is 1. The summed E-state index contributed by atoms with van der Waals surface area (Å²) >= 11 is 0. The van der Waals surface area contributed by atoms with Gasteiger partial charge in [0.2, 0.25) is 5.82 Å². The highest BCUT2D eigenvalue weighted by Crippen LogP contribution is 2.36. The highest BCUT2D eigenvalue weighted by Gasteiger charge is 2.31. The molecule has 1 heterocycles. The Balaban J connectivity index is 2.38. The molecule has 0 fully saturated rings. The summed E-state index contributed by atoms with van der Waals surface area (Å²) in [5, 5.41) is 14.0. The van der Waals surface area contributed by atoms with Gasteiger partial charge in [-0.3, -0.25) is 0 Å². The lowest BCUT2D eigenvalue weighted by molar-refractivity contribution is -0.0203. The van der Waals surface area contributed by atoms with Crippen LogP contribution in [0.15, 0.2) is 22.7 Å². The van der Waals surface area contributed by atoms with Gasteiger partial charge in [-0.1, -0.05) is 37.6 Å². The van der Waals surface area contributed by atoms with E-state index < -0.39 is 0 Å². The van der Waals surface area contributed by atoms with E-state index in [0.29, 0.717) is 23.9 Å². The molecule has 21 heavy (non-hydrogen) atoms. The summed E-state index contributed by atoms with van der Waals surface area (Å²) in [5.41, 5.74) is 1.41. The molecule has 0 aliphatic rings. The van der Waals surface area contributed by atoms with Gasteiger partial charge in [0.1, 0.15) is 11.9 Å². The molecular formula is C16H22N2O3. The number of rotatable bonds is 4. The van der Waals surface area contributed by atoms with Crippen molar-refractivity contribution in [1.29, 1.82) is 0 Å². The molecule has 1 atom stereocenters. The van der Waals surface area contributed by atoms with Crippen molar-refractivity contribution >= 4 is 0 Å². The van der Waals surface area contributed by atoms with Gasteiger partial charge in [0.05, 0.1) is 5.56 Å². The number of nitrogens with zero attached hydrogens (tertiary/aromatic N) is 2. The Morgan fingerprint density at radius 2 is 2.05 bits per heavy atom. The molecular weight excluding hydrogens is 268 g/mol. The van der Waals surface area contributed by atoms with Gasteiger partial charge in [0.15, 0.2) is 0 Å². The maximum absolute atomic E-state index is 9.94. The van der Waals surface area contributed by atoms with Crippen LogP contribution in [0, 0.1) is 12.3 Å². The third-order valence-electron chi connectivity index (χ3n) is 3.18. The molecule has 0 amide bonds. The topological polar surface area (TPSA) is 68.4 Å². The van der Waals surface area contributed by atoms with Crippen molar-refractivity contribution in [2.45, 2.75) is 40.7 Å². The Labute approximate surface area is 125 Å². The number of ether oxygens (including phenoxy) is 1.